The van der Waals surface area contributed by atoms with Crippen molar-refractivity contribution in [3.05, 3.63) is 84.6 Å². The number of carbonyl (C=O) groups excluding carboxylic acids is 2. The van der Waals surface area contributed by atoms with E-state index in [1.165, 1.54) is 10.6 Å². The Hall–Kier alpha value is -4.24. The van der Waals surface area contributed by atoms with E-state index in [4.69, 9.17) is 5.73 Å². The van der Waals surface area contributed by atoms with Gasteiger partial charge in [0.15, 0.2) is 0 Å². The van der Waals surface area contributed by atoms with Crippen LogP contribution in [0.3, 0.4) is 0 Å². The Balaban J connectivity index is 1.16. The molecule has 0 aliphatic carbocycles. The number of para-hydroxylation sites is 1. The molecule has 3 aromatic rings. The summed E-state index contributed by atoms with van der Waals surface area (Å²) in [5.41, 5.74) is 8.43. The van der Waals surface area contributed by atoms with Crippen molar-refractivity contribution < 1.29 is 9.59 Å². The summed E-state index contributed by atoms with van der Waals surface area (Å²) in [5, 5.41) is 8.82. The lowest BCUT2D eigenvalue weighted by molar-refractivity contribution is -0.119. The monoisotopic (exact) mass is 483 g/mol. The number of piperazine rings is 1. The second kappa shape index (κ2) is 10.6. The van der Waals surface area contributed by atoms with E-state index in [9.17, 15) is 9.59 Å². The molecule has 0 bridgehead atoms. The van der Waals surface area contributed by atoms with E-state index in [2.05, 4.69) is 25.2 Å². The largest absolute Gasteiger partial charge is 0.368 e. The number of nitrogens with one attached hydrogen (secondary N) is 1. The van der Waals surface area contributed by atoms with E-state index in [-0.39, 0.29) is 18.0 Å². The van der Waals surface area contributed by atoms with E-state index < -0.39 is 11.9 Å². The zero-order valence-corrected chi connectivity index (χ0v) is 20.0. The van der Waals surface area contributed by atoms with Crippen molar-refractivity contribution in [1.29, 1.82) is 0 Å². The van der Waals surface area contributed by atoms with Crippen molar-refractivity contribution in [2.75, 3.05) is 41.4 Å². The predicted molar refractivity (Wildman–Crippen MR) is 141 cm³/mol. The Kier molecular flexibility index (Phi) is 6.90. The number of hydrogen-bond donors (Lipinski definition) is 2. The summed E-state index contributed by atoms with van der Waals surface area (Å²) in [7, 11) is 0. The number of nitrogens with zero attached hydrogens (tertiary/aromatic N) is 5. The minimum atomic E-state index is -0.686. The third-order valence-electron chi connectivity index (χ3n) is 6.49. The molecule has 1 saturated heterocycles. The van der Waals surface area contributed by atoms with Gasteiger partial charge >= 0.3 is 0 Å². The first-order chi connectivity index (χ1) is 17.6. The van der Waals surface area contributed by atoms with Gasteiger partial charge in [0.05, 0.1) is 5.69 Å². The fourth-order valence-corrected chi connectivity index (χ4v) is 4.52. The molecule has 2 amide bonds. The van der Waals surface area contributed by atoms with Gasteiger partial charge in [-0.05, 0) is 42.0 Å². The molecule has 1 atom stereocenters. The van der Waals surface area contributed by atoms with Gasteiger partial charge in [-0.2, -0.15) is 5.10 Å². The first kappa shape index (κ1) is 23.5. The average Bonchev–Trinajstić information content (AvgIpc) is 3.38. The van der Waals surface area contributed by atoms with Gasteiger partial charge in [0.2, 0.25) is 5.91 Å². The number of hydrazone groups is 1. The lowest BCUT2D eigenvalue weighted by Crippen LogP contribution is -2.46. The molecule has 1 aromatic heterocycles. The fraction of sp³-hybridized carbons (Fsp3) is 0.259. The molecule has 2 aliphatic rings. The van der Waals surface area contributed by atoms with Crippen LogP contribution in [0.4, 0.5) is 17.2 Å². The Morgan fingerprint density at radius 1 is 0.917 bits per heavy atom. The third-order valence-corrected chi connectivity index (χ3v) is 6.49. The van der Waals surface area contributed by atoms with Crippen molar-refractivity contribution in [2.24, 2.45) is 10.8 Å². The van der Waals surface area contributed by atoms with Crippen molar-refractivity contribution in [3.63, 3.8) is 0 Å². The standard InChI is InChI=1S/C27H29N7O2/c28-26(35)24-18-23(31-34(24)22-6-2-1-3-7-22)27(36)30-21-11-9-20(10-12-21)19-32-14-16-33(17-15-32)25-8-4-5-13-29-25/h1-13,24H,14-19H2,(H2,28,35)(H,30,36). The molecule has 0 saturated carbocycles. The molecule has 3 heterocycles. The molecule has 9 nitrogen and oxygen atoms in total. The van der Waals surface area contributed by atoms with E-state index >= 15 is 0 Å². The highest BCUT2D eigenvalue weighted by atomic mass is 16.2. The number of pyridine rings is 1. The van der Waals surface area contributed by atoms with Crippen LogP contribution in [0.2, 0.25) is 0 Å². The Bertz CT molecular complexity index is 1220. The van der Waals surface area contributed by atoms with Crippen LogP contribution < -0.4 is 21.0 Å². The summed E-state index contributed by atoms with van der Waals surface area (Å²) in [6, 6.07) is 22.4. The zero-order valence-electron chi connectivity index (χ0n) is 20.0. The Morgan fingerprint density at radius 3 is 2.31 bits per heavy atom. The summed E-state index contributed by atoms with van der Waals surface area (Å²) < 4.78 is 0. The molecular formula is C27H29N7O2. The molecule has 2 aliphatic heterocycles. The minimum Gasteiger partial charge on any atom is -0.368 e. The lowest BCUT2D eigenvalue weighted by atomic mass is 10.1. The van der Waals surface area contributed by atoms with Gasteiger partial charge in [0.25, 0.3) is 5.91 Å². The first-order valence-electron chi connectivity index (χ1n) is 12.1. The van der Waals surface area contributed by atoms with Gasteiger partial charge < -0.3 is 16.0 Å². The maximum Gasteiger partial charge on any atom is 0.271 e. The van der Waals surface area contributed by atoms with Gasteiger partial charge in [0.1, 0.15) is 17.6 Å². The summed E-state index contributed by atoms with van der Waals surface area (Å²) in [5.74, 6) is 0.173. The molecule has 9 heteroatoms. The van der Waals surface area contributed by atoms with Crippen LogP contribution in [0.15, 0.2) is 84.1 Å². The number of primary amides is 1. The van der Waals surface area contributed by atoms with E-state index in [0.717, 1.165) is 38.5 Å². The van der Waals surface area contributed by atoms with E-state index in [1.54, 1.807) is 0 Å². The normalized spacial score (nSPS) is 18.1. The smallest absolute Gasteiger partial charge is 0.271 e. The molecule has 3 N–H and O–H groups in total. The van der Waals surface area contributed by atoms with Crippen LogP contribution >= 0.6 is 0 Å². The molecule has 184 valence electrons. The molecule has 2 aromatic carbocycles. The number of anilines is 3. The molecule has 1 unspecified atom stereocenters. The minimum absolute atomic E-state index is 0.165. The second-order valence-corrected chi connectivity index (χ2v) is 8.95. The van der Waals surface area contributed by atoms with Crippen LogP contribution in [0, 0.1) is 0 Å². The van der Waals surface area contributed by atoms with Gasteiger partial charge in [-0.15, -0.1) is 0 Å². The third kappa shape index (κ3) is 5.36. The lowest BCUT2D eigenvalue weighted by Gasteiger charge is -2.35. The summed E-state index contributed by atoms with van der Waals surface area (Å²) >= 11 is 0. The summed E-state index contributed by atoms with van der Waals surface area (Å²) in [6.07, 6.45) is 2.00. The van der Waals surface area contributed by atoms with Crippen LogP contribution in [-0.2, 0) is 16.1 Å². The fourth-order valence-electron chi connectivity index (χ4n) is 4.52. The molecule has 0 radical (unpaired) electrons. The molecule has 36 heavy (non-hydrogen) atoms. The number of amides is 2. The van der Waals surface area contributed by atoms with Gasteiger partial charge in [0, 0.05) is 51.0 Å². The van der Waals surface area contributed by atoms with E-state index in [0.29, 0.717) is 11.4 Å². The number of carbonyl (C=O) groups is 2. The maximum absolute atomic E-state index is 12.9. The van der Waals surface area contributed by atoms with Gasteiger partial charge in [-0.1, -0.05) is 36.4 Å². The van der Waals surface area contributed by atoms with Crippen LogP contribution in [-0.4, -0.2) is 59.6 Å². The predicted octanol–water partition coefficient (Wildman–Crippen LogP) is 2.46. The van der Waals surface area contributed by atoms with Crippen molar-refractivity contribution in [3.8, 4) is 0 Å². The van der Waals surface area contributed by atoms with E-state index in [1.807, 2.05) is 79.0 Å². The number of benzene rings is 2. The number of aromatic nitrogens is 1. The topological polar surface area (TPSA) is 107 Å². The highest BCUT2D eigenvalue weighted by molar-refractivity contribution is 6.44. The number of hydrogen-bond acceptors (Lipinski definition) is 7. The van der Waals surface area contributed by atoms with Gasteiger partial charge in [-0.25, -0.2) is 4.98 Å². The van der Waals surface area contributed by atoms with Crippen LogP contribution in [0.5, 0.6) is 0 Å². The quantitative estimate of drug-likeness (QED) is 0.535. The second-order valence-electron chi connectivity index (χ2n) is 8.95. The number of rotatable bonds is 7. The Labute approximate surface area is 210 Å². The highest BCUT2D eigenvalue weighted by Gasteiger charge is 2.35. The summed E-state index contributed by atoms with van der Waals surface area (Å²) in [6.45, 7) is 4.67. The SMILES string of the molecule is NC(=O)C1CC(C(=O)Nc2ccc(CN3CCN(c4ccccn4)CC3)cc2)=NN1c1ccccc1. The van der Waals surface area contributed by atoms with Crippen molar-refractivity contribution in [1.82, 2.24) is 9.88 Å². The summed E-state index contributed by atoms with van der Waals surface area (Å²) in [4.78, 5) is 34.0. The maximum atomic E-state index is 12.9. The van der Waals surface area contributed by atoms with Gasteiger partial charge in [-0.3, -0.25) is 19.5 Å². The van der Waals surface area contributed by atoms with Crippen molar-refractivity contribution >= 4 is 34.7 Å². The molecule has 0 spiro atoms. The number of nitrogens with two attached hydrogens (primary N) is 1. The van der Waals surface area contributed by atoms with Crippen molar-refractivity contribution in [2.45, 2.75) is 19.0 Å². The Morgan fingerprint density at radius 2 is 1.64 bits per heavy atom. The molecule has 1 fully saturated rings. The highest BCUT2D eigenvalue weighted by Crippen LogP contribution is 2.25. The van der Waals surface area contributed by atoms with Crippen LogP contribution in [0.1, 0.15) is 12.0 Å². The average molecular weight is 484 g/mol. The molecular weight excluding hydrogens is 454 g/mol. The first-order valence-corrected chi connectivity index (χ1v) is 12.1. The molecule has 5 rings (SSSR count). The zero-order chi connectivity index (χ0) is 24.9. The van der Waals surface area contributed by atoms with Crippen LogP contribution in [0.25, 0.3) is 0 Å².